The largest absolute Gasteiger partial charge is 0.462 e. The minimum Gasteiger partial charge on any atom is -0.462 e. The third-order valence-electron chi connectivity index (χ3n) is 2.96. The summed E-state index contributed by atoms with van der Waals surface area (Å²) in [5, 5.41) is 3.70. The molecule has 0 spiro atoms. The van der Waals surface area contributed by atoms with Crippen molar-refractivity contribution in [2.24, 2.45) is 0 Å². The van der Waals surface area contributed by atoms with Gasteiger partial charge >= 0.3 is 0 Å². The Labute approximate surface area is 125 Å². The lowest BCUT2D eigenvalue weighted by Crippen LogP contribution is -2.22. The van der Waals surface area contributed by atoms with Gasteiger partial charge in [-0.05, 0) is 31.2 Å². The summed E-state index contributed by atoms with van der Waals surface area (Å²) in [6.07, 6.45) is 4.80. The van der Waals surface area contributed by atoms with Crippen molar-refractivity contribution in [1.82, 2.24) is 15.3 Å². The molecule has 0 aliphatic rings. The Hall–Kier alpha value is -2.47. The molecule has 3 heterocycles. The smallest absolute Gasteiger partial charge is 0.253 e. The topological polar surface area (TPSA) is 68.0 Å². The number of amides is 1. The molecule has 5 nitrogen and oxygen atoms in total. The van der Waals surface area contributed by atoms with Gasteiger partial charge in [-0.25, -0.2) is 4.98 Å². The molecule has 1 amide bonds. The molecule has 0 aliphatic carbocycles. The van der Waals surface area contributed by atoms with Gasteiger partial charge in [0.05, 0.1) is 24.1 Å². The van der Waals surface area contributed by atoms with Crippen molar-refractivity contribution in [2.45, 2.75) is 13.5 Å². The Balaban J connectivity index is 1.70. The minimum atomic E-state index is -0.143. The molecule has 21 heavy (non-hydrogen) atoms. The number of pyridine rings is 1. The van der Waals surface area contributed by atoms with Gasteiger partial charge in [-0.3, -0.25) is 9.78 Å². The van der Waals surface area contributed by atoms with Gasteiger partial charge in [0.15, 0.2) is 10.8 Å². The van der Waals surface area contributed by atoms with Crippen molar-refractivity contribution in [3.63, 3.8) is 0 Å². The van der Waals surface area contributed by atoms with Crippen LogP contribution in [0.1, 0.15) is 20.9 Å². The molecule has 0 aromatic carbocycles. The van der Waals surface area contributed by atoms with Crippen LogP contribution in [0, 0.1) is 6.92 Å². The Kier molecular flexibility index (Phi) is 3.79. The predicted molar refractivity (Wildman–Crippen MR) is 80.0 cm³/mol. The van der Waals surface area contributed by atoms with Crippen molar-refractivity contribution in [3.05, 3.63) is 59.1 Å². The third kappa shape index (κ3) is 3.00. The summed E-state index contributed by atoms with van der Waals surface area (Å²) < 4.78 is 5.34. The fourth-order valence-corrected chi connectivity index (χ4v) is 2.83. The number of rotatable bonds is 4. The summed E-state index contributed by atoms with van der Waals surface area (Å²) in [5.41, 5.74) is 1.45. The molecule has 1 N–H and O–H groups in total. The Morgan fingerprint density at radius 2 is 2.29 bits per heavy atom. The molecular weight excluding hydrogens is 286 g/mol. The average Bonchev–Trinajstić information content (AvgIpc) is 3.15. The van der Waals surface area contributed by atoms with Gasteiger partial charge in [-0.2, -0.15) is 0 Å². The van der Waals surface area contributed by atoms with Gasteiger partial charge < -0.3 is 9.73 Å². The minimum absolute atomic E-state index is 0.143. The Bertz CT molecular complexity index is 736. The number of aryl methyl sites for hydroxylation is 1. The molecule has 0 radical (unpaired) electrons. The lowest BCUT2D eigenvalue weighted by Gasteiger charge is -2.03. The Morgan fingerprint density at radius 3 is 3.00 bits per heavy atom. The first-order valence-electron chi connectivity index (χ1n) is 6.42. The van der Waals surface area contributed by atoms with Crippen LogP contribution >= 0.6 is 11.3 Å². The second kappa shape index (κ2) is 5.88. The fourth-order valence-electron chi connectivity index (χ4n) is 1.86. The van der Waals surface area contributed by atoms with Crippen molar-refractivity contribution < 1.29 is 9.21 Å². The zero-order valence-electron chi connectivity index (χ0n) is 11.4. The summed E-state index contributed by atoms with van der Waals surface area (Å²) >= 11 is 1.52. The quantitative estimate of drug-likeness (QED) is 0.804. The van der Waals surface area contributed by atoms with Gasteiger partial charge in [0, 0.05) is 17.3 Å². The number of furan rings is 1. The fraction of sp³-hybridized carbons (Fsp3) is 0.133. The van der Waals surface area contributed by atoms with E-state index in [1.807, 2.05) is 19.1 Å². The van der Waals surface area contributed by atoms with E-state index in [0.717, 1.165) is 21.3 Å². The first-order chi connectivity index (χ1) is 10.2. The zero-order chi connectivity index (χ0) is 14.7. The third-order valence-corrected chi connectivity index (χ3v) is 4.13. The van der Waals surface area contributed by atoms with E-state index in [2.05, 4.69) is 15.3 Å². The summed E-state index contributed by atoms with van der Waals surface area (Å²) in [6, 6.07) is 7.17. The maximum Gasteiger partial charge on any atom is 0.253 e. The van der Waals surface area contributed by atoms with Crippen molar-refractivity contribution >= 4 is 17.2 Å². The highest BCUT2D eigenvalue weighted by molar-refractivity contribution is 7.15. The van der Waals surface area contributed by atoms with E-state index < -0.39 is 0 Å². The highest BCUT2D eigenvalue weighted by Crippen LogP contribution is 2.28. The molecule has 0 saturated carbocycles. The maximum absolute atomic E-state index is 12.0. The van der Waals surface area contributed by atoms with E-state index in [-0.39, 0.29) is 5.91 Å². The van der Waals surface area contributed by atoms with Crippen LogP contribution in [-0.4, -0.2) is 15.9 Å². The summed E-state index contributed by atoms with van der Waals surface area (Å²) in [7, 11) is 0. The molecule has 0 unspecified atom stereocenters. The van der Waals surface area contributed by atoms with Crippen LogP contribution in [0.3, 0.4) is 0 Å². The summed E-state index contributed by atoms with van der Waals surface area (Å²) in [4.78, 5) is 21.4. The highest BCUT2D eigenvalue weighted by Gasteiger charge is 2.12. The molecule has 0 atom stereocenters. The van der Waals surface area contributed by atoms with Crippen molar-refractivity contribution in [1.29, 1.82) is 0 Å². The lowest BCUT2D eigenvalue weighted by atomic mass is 10.2. The summed E-state index contributed by atoms with van der Waals surface area (Å²) in [6.45, 7) is 2.37. The number of carbonyl (C=O) groups is 1. The lowest BCUT2D eigenvalue weighted by molar-refractivity contribution is 0.0951. The SMILES string of the molecule is Cc1nc(-c2ccco2)sc1CNC(=O)c1cccnc1. The first kappa shape index (κ1) is 13.5. The molecule has 106 valence electrons. The van der Waals surface area contributed by atoms with E-state index in [9.17, 15) is 4.79 Å². The van der Waals surface area contributed by atoms with Crippen LogP contribution in [0.15, 0.2) is 47.3 Å². The highest BCUT2D eigenvalue weighted by atomic mass is 32.1. The van der Waals surface area contributed by atoms with Gasteiger partial charge in [0.25, 0.3) is 5.91 Å². The molecule has 0 bridgehead atoms. The van der Waals surface area contributed by atoms with E-state index in [1.54, 1.807) is 30.8 Å². The van der Waals surface area contributed by atoms with E-state index in [4.69, 9.17) is 4.42 Å². The number of carbonyl (C=O) groups excluding carboxylic acids is 1. The average molecular weight is 299 g/mol. The van der Waals surface area contributed by atoms with Crippen LogP contribution in [0.25, 0.3) is 10.8 Å². The molecule has 0 aliphatic heterocycles. The second-order valence-corrected chi connectivity index (χ2v) is 5.51. The summed E-state index contributed by atoms with van der Waals surface area (Å²) in [5.74, 6) is 0.600. The molecule has 0 fully saturated rings. The molecular formula is C15H13N3O2S. The molecule has 3 aromatic rings. The predicted octanol–water partition coefficient (Wildman–Crippen LogP) is 3.04. The number of hydrogen-bond donors (Lipinski definition) is 1. The van der Waals surface area contributed by atoms with Crippen molar-refractivity contribution in [3.8, 4) is 10.8 Å². The number of thiazole rings is 1. The van der Waals surface area contributed by atoms with Gasteiger partial charge in [-0.15, -0.1) is 11.3 Å². The zero-order valence-corrected chi connectivity index (χ0v) is 12.2. The Morgan fingerprint density at radius 1 is 1.38 bits per heavy atom. The standard InChI is InChI=1S/C15H13N3O2S/c1-10-13(21-15(18-10)12-5-3-7-20-12)9-17-14(19)11-4-2-6-16-8-11/h2-8H,9H2,1H3,(H,17,19). The molecule has 0 saturated heterocycles. The van der Waals surface area contributed by atoms with Gasteiger partial charge in [0.2, 0.25) is 0 Å². The monoisotopic (exact) mass is 299 g/mol. The van der Waals surface area contributed by atoms with Gasteiger partial charge in [-0.1, -0.05) is 0 Å². The van der Waals surface area contributed by atoms with Crippen LogP contribution in [0.2, 0.25) is 0 Å². The number of hydrogen-bond acceptors (Lipinski definition) is 5. The van der Waals surface area contributed by atoms with Crippen LogP contribution in [-0.2, 0) is 6.54 Å². The van der Waals surface area contributed by atoms with Gasteiger partial charge in [0.1, 0.15) is 0 Å². The number of aromatic nitrogens is 2. The van der Waals surface area contributed by atoms with Crippen LogP contribution in [0.4, 0.5) is 0 Å². The first-order valence-corrected chi connectivity index (χ1v) is 7.24. The van der Waals surface area contributed by atoms with Crippen LogP contribution in [0.5, 0.6) is 0 Å². The second-order valence-electron chi connectivity index (χ2n) is 4.43. The van der Waals surface area contributed by atoms with E-state index >= 15 is 0 Å². The van der Waals surface area contributed by atoms with E-state index in [1.165, 1.54) is 11.3 Å². The van der Waals surface area contributed by atoms with Crippen molar-refractivity contribution in [2.75, 3.05) is 0 Å². The number of nitrogens with one attached hydrogen (secondary N) is 1. The van der Waals surface area contributed by atoms with Crippen LogP contribution < -0.4 is 5.32 Å². The molecule has 3 rings (SSSR count). The number of nitrogens with zero attached hydrogens (tertiary/aromatic N) is 2. The molecule has 6 heteroatoms. The normalized spacial score (nSPS) is 10.5. The molecule has 3 aromatic heterocycles. The van der Waals surface area contributed by atoms with E-state index in [0.29, 0.717) is 12.1 Å². The maximum atomic E-state index is 12.0.